The highest BCUT2D eigenvalue weighted by molar-refractivity contribution is 5.94. The van der Waals surface area contributed by atoms with Crippen LogP contribution in [0.5, 0.6) is 5.75 Å². The number of amides is 3. The Morgan fingerprint density at radius 2 is 1.22 bits per heavy atom. The SMILES string of the molecule is CC(C)CC(N)C(=O)NC(Cc1ccc(O)cc1)C(=O)NC(Cc1ccccc1)C(=O)NC(CCC(=O)O)C(=O)O. The van der Waals surface area contributed by atoms with Gasteiger partial charge < -0.3 is 37.0 Å². The lowest BCUT2D eigenvalue weighted by atomic mass is 10.0. The summed E-state index contributed by atoms with van der Waals surface area (Å²) in [6.07, 6.45) is -0.440. The molecule has 4 unspecified atom stereocenters. The Balaban J connectivity index is 2.31. The number of hydrogen-bond acceptors (Lipinski definition) is 7. The number of carbonyl (C=O) groups is 5. The third-order valence-corrected chi connectivity index (χ3v) is 6.25. The molecule has 2 aromatic carbocycles. The number of hydrogen-bond donors (Lipinski definition) is 7. The van der Waals surface area contributed by atoms with Crippen LogP contribution in [0.2, 0.25) is 0 Å². The van der Waals surface area contributed by atoms with E-state index >= 15 is 0 Å². The van der Waals surface area contributed by atoms with Gasteiger partial charge in [-0.15, -0.1) is 0 Å². The smallest absolute Gasteiger partial charge is 0.326 e. The number of nitrogens with two attached hydrogens (primary N) is 1. The van der Waals surface area contributed by atoms with E-state index < -0.39 is 60.2 Å². The van der Waals surface area contributed by atoms with Crippen LogP contribution in [0.15, 0.2) is 54.6 Å². The van der Waals surface area contributed by atoms with Gasteiger partial charge in [0.25, 0.3) is 0 Å². The molecule has 41 heavy (non-hydrogen) atoms. The Labute approximate surface area is 238 Å². The van der Waals surface area contributed by atoms with Crippen molar-refractivity contribution in [2.45, 2.75) is 70.1 Å². The summed E-state index contributed by atoms with van der Waals surface area (Å²) in [6.45, 7) is 3.81. The van der Waals surface area contributed by atoms with E-state index in [2.05, 4.69) is 16.0 Å². The van der Waals surface area contributed by atoms with Crippen molar-refractivity contribution in [2.24, 2.45) is 11.7 Å². The van der Waals surface area contributed by atoms with Crippen LogP contribution < -0.4 is 21.7 Å². The van der Waals surface area contributed by atoms with Gasteiger partial charge >= 0.3 is 11.9 Å². The molecule has 4 atom stereocenters. The third-order valence-electron chi connectivity index (χ3n) is 6.25. The quantitative estimate of drug-likeness (QED) is 0.153. The Kier molecular flexibility index (Phi) is 12.8. The first-order chi connectivity index (χ1) is 19.3. The molecule has 2 rings (SSSR count). The fraction of sp³-hybridized carbons (Fsp3) is 0.414. The van der Waals surface area contributed by atoms with E-state index in [0.717, 1.165) is 0 Å². The number of benzene rings is 2. The van der Waals surface area contributed by atoms with Gasteiger partial charge in [-0.3, -0.25) is 19.2 Å². The number of aliphatic carboxylic acids is 2. The second-order valence-corrected chi connectivity index (χ2v) is 10.3. The Hall–Kier alpha value is -4.45. The largest absolute Gasteiger partial charge is 0.508 e. The number of phenolic OH excluding ortho intramolecular Hbond substituents is 1. The number of aromatic hydroxyl groups is 1. The Morgan fingerprint density at radius 3 is 1.71 bits per heavy atom. The van der Waals surface area contributed by atoms with Crippen molar-refractivity contribution >= 4 is 29.7 Å². The van der Waals surface area contributed by atoms with Gasteiger partial charge in [-0.05, 0) is 42.0 Å². The zero-order chi connectivity index (χ0) is 30.5. The maximum atomic E-state index is 13.5. The molecular formula is C29H38N4O8. The second-order valence-electron chi connectivity index (χ2n) is 10.3. The van der Waals surface area contributed by atoms with E-state index in [4.69, 9.17) is 10.8 Å². The van der Waals surface area contributed by atoms with Gasteiger partial charge in [-0.25, -0.2) is 4.79 Å². The van der Waals surface area contributed by atoms with Gasteiger partial charge in [0.2, 0.25) is 17.7 Å². The van der Waals surface area contributed by atoms with Crippen molar-refractivity contribution in [3.05, 3.63) is 65.7 Å². The molecule has 0 spiro atoms. The zero-order valence-electron chi connectivity index (χ0n) is 23.1. The van der Waals surface area contributed by atoms with E-state index in [-0.39, 0.29) is 30.9 Å². The minimum Gasteiger partial charge on any atom is -0.508 e. The summed E-state index contributed by atoms with van der Waals surface area (Å²) in [6, 6.07) is 9.98. The monoisotopic (exact) mass is 570 g/mol. The Morgan fingerprint density at radius 1 is 0.732 bits per heavy atom. The molecule has 2 aromatic rings. The summed E-state index contributed by atoms with van der Waals surface area (Å²) in [5, 5.41) is 35.7. The number of rotatable bonds is 16. The third kappa shape index (κ3) is 11.7. The number of carboxylic acid groups (broad SMARTS) is 2. The lowest BCUT2D eigenvalue weighted by Gasteiger charge is -2.25. The van der Waals surface area contributed by atoms with Crippen molar-refractivity contribution in [1.29, 1.82) is 0 Å². The molecule has 3 amide bonds. The molecule has 12 heteroatoms. The molecule has 0 heterocycles. The fourth-order valence-electron chi connectivity index (χ4n) is 4.10. The van der Waals surface area contributed by atoms with Crippen LogP contribution in [-0.4, -0.2) is 69.1 Å². The van der Waals surface area contributed by atoms with Crippen LogP contribution in [0.3, 0.4) is 0 Å². The van der Waals surface area contributed by atoms with E-state index in [9.17, 15) is 34.2 Å². The maximum Gasteiger partial charge on any atom is 0.326 e. The molecule has 0 saturated heterocycles. The predicted molar refractivity (Wildman–Crippen MR) is 150 cm³/mol. The first-order valence-corrected chi connectivity index (χ1v) is 13.3. The average molecular weight is 571 g/mol. The molecule has 0 aliphatic rings. The molecule has 0 aromatic heterocycles. The number of carbonyl (C=O) groups excluding carboxylic acids is 3. The first kappa shape index (κ1) is 32.8. The number of nitrogens with one attached hydrogen (secondary N) is 3. The highest BCUT2D eigenvalue weighted by Gasteiger charge is 2.31. The van der Waals surface area contributed by atoms with Gasteiger partial charge in [-0.2, -0.15) is 0 Å². The van der Waals surface area contributed by atoms with Gasteiger partial charge in [0.15, 0.2) is 0 Å². The average Bonchev–Trinajstić information content (AvgIpc) is 2.91. The summed E-state index contributed by atoms with van der Waals surface area (Å²) in [7, 11) is 0. The zero-order valence-corrected chi connectivity index (χ0v) is 23.1. The van der Waals surface area contributed by atoms with Crippen LogP contribution in [0, 0.1) is 5.92 Å². The number of carboxylic acids is 2. The van der Waals surface area contributed by atoms with Crippen LogP contribution >= 0.6 is 0 Å². The summed E-state index contributed by atoms with van der Waals surface area (Å²) in [4.78, 5) is 62.3. The van der Waals surface area contributed by atoms with Crippen molar-refractivity contribution in [1.82, 2.24) is 16.0 Å². The molecule has 8 N–H and O–H groups in total. The van der Waals surface area contributed by atoms with E-state index in [1.807, 2.05) is 13.8 Å². The van der Waals surface area contributed by atoms with Crippen LogP contribution in [-0.2, 0) is 36.8 Å². The van der Waals surface area contributed by atoms with E-state index in [0.29, 0.717) is 17.5 Å². The van der Waals surface area contributed by atoms with Crippen molar-refractivity contribution in [3.8, 4) is 5.75 Å². The molecule has 0 saturated carbocycles. The molecular weight excluding hydrogens is 532 g/mol. The molecule has 0 aliphatic heterocycles. The highest BCUT2D eigenvalue weighted by Crippen LogP contribution is 2.13. The molecule has 222 valence electrons. The predicted octanol–water partition coefficient (Wildman–Crippen LogP) is 0.955. The minimum absolute atomic E-state index is 0.00355. The van der Waals surface area contributed by atoms with E-state index in [1.54, 1.807) is 42.5 Å². The minimum atomic E-state index is -1.49. The van der Waals surface area contributed by atoms with Gasteiger partial charge in [0.05, 0.1) is 6.04 Å². The van der Waals surface area contributed by atoms with Crippen molar-refractivity contribution < 1.29 is 39.3 Å². The van der Waals surface area contributed by atoms with Crippen LogP contribution in [0.1, 0.15) is 44.2 Å². The van der Waals surface area contributed by atoms with E-state index in [1.165, 1.54) is 12.1 Å². The molecule has 0 fully saturated rings. The normalized spacial score (nSPS) is 13.9. The Bertz CT molecular complexity index is 1190. The standard InChI is InChI=1S/C29H38N4O8/c1-17(2)14-21(30)26(37)32-23(16-19-8-10-20(34)11-9-19)28(39)33-24(15-18-6-4-3-5-7-18)27(38)31-22(29(40)41)12-13-25(35)36/h3-11,17,21-24,34H,12-16,30H2,1-2H3,(H,31,38)(H,32,37)(H,33,39)(H,35,36)(H,40,41). The van der Waals surface area contributed by atoms with Crippen LogP contribution in [0.4, 0.5) is 0 Å². The van der Waals surface area contributed by atoms with Crippen molar-refractivity contribution in [2.75, 3.05) is 0 Å². The summed E-state index contributed by atoms with van der Waals surface area (Å²) >= 11 is 0. The van der Waals surface area contributed by atoms with Gasteiger partial charge in [-0.1, -0.05) is 56.3 Å². The first-order valence-electron chi connectivity index (χ1n) is 13.3. The van der Waals surface area contributed by atoms with Crippen molar-refractivity contribution in [3.63, 3.8) is 0 Å². The lowest BCUT2D eigenvalue weighted by Crippen LogP contribution is -2.58. The topological polar surface area (TPSA) is 208 Å². The van der Waals surface area contributed by atoms with Crippen LogP contribution in [0.25, 0.3) is 0 Å². The molecule has 0 aliphatic carbocycles. The van der Waals surface area contributed by atoms with Gasteiger partial charge in [0.1, 0.15) is 23.9 Å². The molecule has 12 nitrogen and oxygen atoms in total. The number of phenols is 1. The summed E-state index contributed by atoms with van der Waals surface area (Å²) in [5.74, 6) is -4.58. The second kappa shape index (κ2) is 16.0. The highest BCUT2D eigenvalue weighted by atomic mass is 16.4. The summed E-state index contributed by atoms with van der Waals surface area (Å²) < 4.78 is 0. The molecule has 0 radical (unpaired) electrons. The molecule has 0 bridgehead atoms. The fourth-order valence-corrected chi connectivity index (χ4v) is 4.10. The van der Waals surface area contributed by atoms with Gasteiger partial charge in [0, 0.05) is 19.3 Å². The lowest BCUT2D eigenvalue weighted by molar-refractivity contribution is -0.143. The summed E-state index contributed by atoms with van der Waals surface area (Å²) in [5.41, 5.74) is 7.31. The maximum absolute atomic E-state index is 13.5.